The number of rotatable bonds is 4. The van der Waals surface area contributed by atoms with Crippen molar-refractivity contribution >= 4 is 50.4 Å². The van der Waals surface area contributed by atoms with Gasteiger partial charge in [0.05, 0.1) is 5.69 Å². The molecule has 3 N–H and O–H groups in total. The van der Waals surface area contributed by atoms with Gasteiger partial charge in [-0.1, -0.05) is 48.0 Å². The first-order chi connectivity index (χ1) is 15.5. The highest BCUT2D eigenvalue weighted by molar-refractivity contribution is 7.21. The Morgan fingerprint density at radius 1 is 1.22 bits per heavy atom. The van der Waals surface area contributed by atoms with E-state index in [1.807, 2.05) is 25.1 Å². The Labute approximate surface area is 195 Å². The fraction of sp³-hybridized carbons (Fsp3) is 0.200. The minimum absolute atomic E-state index is 0.242. The number of nitrogens with one attached hydrogen (secondary N) is 1. The summed E-state index contributed by atoms with van der Waals surface area (Å²) >= 11 is 7.53. The molecular weight excluding hydrogens is 440 g/mol. The summed E-state index contributed by atoms with van der Waals surface area (Å²) in [5, 5.41) is 4.36. The Hall–Kier alpha value is -2.93. The average molecular weight is 463 g/mol. The summed E-state index contributed by atoms with van der Waals surface area (Å²) in [6, 6.07) is 18.1. The van der Waals surface area contributed by atoms with Crippen LogP contribution in [0.1, 0.15) is 32.1 Å². The SMILES string of the molecule is Cc1ccc(NC(=O)c2sc3nc4c(cc3c2N)CN(Cc2ccccc2)CC4)cc1Cl. The molecule has 7 heteroatoms. The summed E-state index contributed by atoms with van der Waals surface area (Å²) in [7, 11) is 0. The molecule has 162 valence electrons. The van der Waals surface area contributed by atoms with Crippen LogP contribution in [0, 0.1) is 6.92 Å². The molecule has 2 aromatic carbocycles. The number of hydrogen-bond donors (Lipinski definition) is 2. The van der Waals surface area contributed by atoms with Gasteiger partial charge in [0.1, 0.15) is 9.71 Å². The zero-order chi connectivity index (χ0) is 22.2. The molecule has 3 heterocycles. The molecule has 0 aliphatic carbocycles. The fourth-order valence-corrected chi connectivity index (χ4v) is 5.23. The maximum atomic E-state index is 12.9. The maximum Gasteiger partial charge on any atom is 0.267 e. The minimum Gasteiger partial charge on any atom is -0.397 e. The van der Waals surface area contributed by atoms with Crippen LogP contribution in [-0.2, 0) is 19.5 Å². The summed E-state index contributed by atoms with van der Waals surface area (Å²) in [6.07, 6.45) is 0.888. The largest absolute Gasteiger partial charge is 0.397 e. The number of nitrogen functional groups attached to an aromatic ring is 1. The van der Waals surface area contributed by atoms with Crippen molar-refractivity contribution in [2.75, 3.05) is 17.6 Å². The first-order valence-corrected chi connectivity index (χ1v) is 11.7. The molecule has 1 aliphatic rings. The van der Waals surface area contributed by atoms with Crippen LogP contribution in [0.5, 0.6) is 0 Å². The zero-order valence-electron chi connectivity index (χ0n) is 17.7. The van der Waals surface area contributed by atoms with Gasteiger partial charge in [0.25, 0.3) is 5.91 Å². The third-order valence-electron chi connectivity index (χ3n) is 5.83. The number of aromatic nitrogens is 1. The lowest BCUT2D eigenvalue weighted by Crippen LogP contribution is -2.30. The van der Waals surface area contributed by atoms with E-state index in [2.05, 4.69) is 40.5 Å². The predicted octanol–water partition coefficient (Wildman–Crippen LogP) is 5.65. The van der Waals surface area contributed by atoms with Crippen molar-refractivity contribution in [3.8, 4) is 0 Å². The Bertz CT molecular complexity index is 1320. The molecule has 5 rings (SSSR count). The Balaban J connectivity index is 1.39. The molecular formula is C25H23ClN4OS. The van der Waals surface area contributed by atoms with E-state index in [0.29, 0.717) is 21.3 Å². The molecule has 0 fully saturated rings. The Morgan fingerprint density at radius 2 is 2.03 bits per heavy atom. The van der Waals surface area contributed by atoms with Gasteiger partial charge >= 0.3 is 0 Å². The number of carbonyl (C=O) groups is 1. The van der Waals surface area contributed by atoms with E-state index < -0.39 is 0 Å². The second kappa shape index (κ2) is 8.54. The topological polar surface area (TPSA) is 71.2 Å². The number of amides is 1. The molecule has 0 atom stereocenters. The molecule has 0 bridgehead atoms. The number of hydrogen-bond acceptors (Lipinski definition) is 5. The number of anilines is 2. The number of pyridine rings is 1. The van der Waals surface area contributed by atoms with Crippen molar-refractivity contribution in [3.63, 3.8) is 0 Å². The predicted molar refractivity (Wildman–Crippen MR) is 132 cm³/mol. The van der Waals surface area contributed by atoms with Gasteiger partial charge in [-0.2, -0.15) is 0 Å². The van der Waals surface area contributed by atoms with Gasteiger partial charge in [-0.25, -0.2) is 4.98 Å². The van der Waals surface area contributed by atoms with Crippen molar-refractivity contribution in [2.45, 2.75) is 26.4 Å². The maximum absolute atomic E-state index is 12.9. The van der Waals surface area contributed by atoms with E-state index in [1.165, 1.54) is 22.5 Å². The van der Waals surface area contributed by atoms with Crippen molar-refractivity contribution in [1.29, 1.82) is 0 Å². The summed E-state index contributed by atoms with van der Waals surface area (Å²) in [6.45, 7) is 4.62. The highest BCUT2D eigenvalue weighted by Crippen LogP contribution is 2.36. The Kier molecular flexibility index (Phi) is 5.59. The minimum atomic E-state index is -0.242. The molecule has 0 radical (unpaired) electrons. The quantitative estimate of drug-likeness (QED) is 0.411. The molecule has 1 amide bonds. The van der Waals surface area contributed by atoms with Crippen molar-refractivity contribution in [3.05, 3.63) is 86.9 Å². The van der Waals surface area contributed by atoms with Crippen LogP contribution in [-0.4, -0.2) is 22.3 Å². The smallest absolute Gasteiger partial charge is 0.267 e. The molecule has 5 nitrogen and oxygen atoms in total. The third kappa shape index (κ3) is 4.09. The standard InChI is InChI=1S/C25H23ClN4OS/c1-15-7-8-18(12-20(15)26)28-24(31)23-22(27)19-11-17-14-30(13-16-5-3-2-4-6-16)10-9-21(17)29-25(19)32-23/h2-8,11-12H,9-10,13-14,27H2,1H3,(H,28,31). The first kappa shape index (κ1) is 20.9. The number of fused-ring (bicyclic) bond motifs is 2. The third-order valence-corrected chi connectivity index (χ3v) is 7.35. The van der Waals surface area contributed by atoms with Crippen molar-refractivity contribution in [2.24, 2.45) is 0 Å². The van der Waals surface area contributed by atoms with Crippen LogP contribution in [0.25, 0.3) is 10.2 Å². The van der Waals surface area contributed by atoms with Crippen LogP contribution < -0.4 is 11.1 Å². The number of halogens is 1. The number of thiophene rings is 1. The summed E-state index contributed by atoms with van der Waals surface area (Å²) in [4.78, 5) is 21.5. The first-order valence-electron chi connectivity index (χ1n) is 10.5. The molecule has 2 aromatic heterocycles. The van der Waals surface area contributed by atoms with Crippen LogP contribution in [0.2, 0.25) is 5.02 Å². The molecule has 0 saturated heterocycles. The van der Waals surface area contributed by atoms with Gasteiger partial charge in [0.2, 0.25) is 0 Å². The van der Waals surface area contributed by atoms with E-state index in [0.717, 1.165) is 47.5 Å². The lowest BCUT2D eigenvalue weighted by Gasteiger charge is -2.28. The molecule has 4 aromatic rings. The van der Waals surface area contributed by atoms with Crippen LogP contribution in [0.3, 0.4) is 0 Å². The number of nitrogens with two attached hydrogens (primary N) is 1. The van der Waals surface area contributed by atoms with E-state index in [1.54, 1.807) is 6.07 Å². The highest BCUT2D eigenvalue weighted by Gasteiger charge is 2.23. The second-order valence-electron chi connectivity index (χ2n) is 8.16. The van der Waals surface area contributed by atoms with Gasteiger partial charge in [0.15, 0.2) is 0 Å². The number of nitrogens with zero attached hydrogens (tertiary/aromatic N) is 2. The van der Waals surface area contributed by atoms with Crippen LogP contribution >= 0.6 is 22.9 Å². The number of carbonyl (C=O) groups excluding carboxylic acids is 1. The molecule has 0 saturated carbocycles. The average Bonchev–Trinajstić information content (AvgIpc) is 3.11. The van der Waals surface area contributed by atoms with Gasteiger partial charge in [-0.05, 0) is 41.8 Å². The fourth-order valence-electron chi connectivity index (χ4n) is 4.06. The van der Waals surface area contributed by atoms with Gasteiger partial charge < -0.3 is 11.1 Å². The van der Waals surface area contributed by atoms with Gasteiger partial charge in [-0.3, -0.25) is 9.69 Å². The van der Waals surface area contributed by atoms with E-state index in [-0.39, 0.29) is 5.91 Å². The number of benzene rings is 2. The molecule has 32 heavy (non-hydrogen) atoms. The van der Waals surface area contributed by atoms with E-state index >= 15 is 0 Å². The normalized spacial score (nSPS) is 13.8. The number of aryl methyl sites for hydroxylation is 1. The van der Waals surface area contributed by atoms with Crippen LogP contribution in [0.15, 0.2) is 54.6 Å². The monoisotopic (exact) mass is 462 g/mol. The Morgan fingerprint density at radius 3 is 2.81 bits per heavy atom. The van der Waals surface area contributed by atoms with Crippen LogP contribution in [0.4, 0.5) is 11.4 Å². The second-order valence-corrected chi connectivity index (χ2v) is 9.56. The van der Waals surface area contributed by atoms with Gasteiger partial charge in [0, 0.05) is 47.8 Å². The lowest BCUT2D eigenvalue weighted by atomic mass is 10.0. The molecule has 1 aliphatic heterocycles. The van der Waals surface area contributed by atoms with E-state index in [9.17, 15) is 4.79 Å². The van der Waals surface area contributed by atoms with Crippen molar-refractivity contribution in [1.82, 2.24) is 9.88 Å². The summed E-state index contributed by atoms with van der Waals surface area (Å²) in [5.74, 6) is -0.242. The zero-order valence-corrected chi connectivity index (χ0v) is 19.3. The summed E-state index contributed by atoms with van der Waals surface area (Å²) < 4.78 is 0. The molecule has 0 spiro atoms. The lowest BCUT2D eigenvalue weighted by molar-refractivity contribution is 0.103. The molecule has 0 unspecified atom stereocenters. The van der Waals surface area contributed by atoms with Gasteiger partial charge in [-0.15, -0.1) is 11.3 Å². The summed E-state index contributed by atoms with van der Waals surface area (Å²) in [5.41, 5.74) is 12.1. The van der Waals surface area contributed by atoms with Crippen molar-refractivity contribution < 1.29 is 4.79 Å². The van der Waals surface area contributed by atoms with E-state index in [4.69, 9.17) is 22.3 Å². The highest BCUT2D eigenvalue weighted by atomic mass is 35.5.